The molecule has 1 atom stereocenters. The Bertz CT molecular complexity index is 531. The number of unbranched alkanes of at least 4 members (excludes halogenated alkanes) is 2. The van der Waals surface area contributed by atoms with Crippen molar-refractivity contribution >= 4 is 29.9 Å². The first-order valence-corrected chi connectivity index (χ1v) is 9.06. The zero-order valence-electron chi connectivity index (χ0n) is 15.4. The number of hydrogen-bond acceptors (Lipinski definition) is 3. The Labute approximate surface area is 168 Å². The SMILES string of the molecule is CCCCCOc1cc(C)ccc1CN=C(N)NCC1CCCO1.I. The Hall–Kier alpha value is -1.02. The second-order valence-corrected chi connectivity index (χ2v) is 6.38. The Morgan fingerprint density at radius 3 is 2.96 bits per heavy atom. The first kappa shape index (κ1) is 22.0. The van der Waals surface area contributed by atoms with E-state index in [-0.39, 0.29) is 30.1 Å². The Morgan fingerprint density at radius 1 is 1.40 bits per heavy atom. The number of hydrogen-bond donors (Lipinski definition) is 2. The van der Waals surface area contributed by atoms with Gasteiger partial charge >= 0.3 is 0 Å². The molecular formula is C19H32IN3O2. The second-order valence-electron chi connectivity index (χ2n) is 6.38. The molecule has 0 aromatic heterocycles. The van der Waals surface area contributed by atoms with Crippen LogP contribution in [0.1, 0.15) is 50.2 Å². The van der Waals surface area contributed by atoms with Gasteiger partial charge in [-0.1, -0.05) is 31.9 Å². The highest BCUT2D eigenvalue weighted by Gasteiger charge is 2.15. The van der Waals surface area contributed by atoms with Gasteiger partial charge in [0.05, 0.1) is 19.3 Å². The first-order chi connectivity index (χ1) is 11.7. The predicted octanol–water partition coefficient (Wildman–Crippen LogP) is 3.77. The van der Waals surface area contributed by atoms with Crippen LogP contribution in [0.25, 0.3) is 0 Å². The fourth-order valence-electron chi connectivity index (χ4n) is 2.71. The van der Waals surface area contributed by atoms with Crippen LogP contribution in [0.15, 0.2) is 23.2 Å². The number of nitrogens with zero attached hydrogens (tertiary/aromatic N) is 1. The minimum Gasteiger partial charge on any atom is -0.493 e. The zero-order valence-corrected chi connectivity index (χ0v) is 17.8. The highest BCUT2D eigenvalue weighted by molar-refractivity contribution is 14.0. The summed E-state index contributed by atoms with van der Waals surface area (Å²) in [6.45, 7) is 7.12. The third kappa shape index (κ3) is 8.27. The van der Waals surface area contributed by atoms with Crippen LogP contribution in [-0.4, -0.2) is 31.8 Å². The minimum absolute atomic E-state index is 0. The van der Waals surface area contributed by atoms with Gasteiger partial charge in [0.15, 0.2) is 5.96 Å². The highest BCUT2D eigenvalue weighted by atomic mass is 127. The summed E-state index contributed by atoms with van der Waals surface area (Å²) in [5.74, 6) is 1.38. The van der Waals surface area contributed by atoms with Crippen molar-refractivity contribution in [3.8, 4) is 5.75 Å². The largest absolute Gasteiger partial charge is 0.493 e. The molecule has 5 nitrogen and oxygen atoms in total. The van der Waals surface area contributed by atoms with Crippen molar-refractivity contribution in [3.63, 3.8) is 0 Å². The molecule has 0 amide bonds. The van der Waals surface area contributed by atoms with E-state index in [1.54, 1.807) is 0 Å². The quantitative estimate of drug-likeness (QED) is 0.254. The standard InChI is InChI=1S/C19H31N3O2.HI/c1-3-4-5-10-24-18-12-15(2)8-9-16(18)13-21-19(20)22-14-17-7-6-11-23-17;/h8-9,12,17H,3-7,10-11,13-14H2,1-2H3,(H3,20,21,22);1H. The van der Waals surface area contributed by atoms with Crippen LogP contribution in [-0.2, 0) is 11.3 Å². The van der Waals surface area contributed by atoms with E-state index in [4.69, 9.17) is 15.2 Å². The van der Waals surface area contributed by atoms with Crippen molar-refractivity contribution in [1.82, 2.24) is 5.32 Å². The lowest BCUT2D eigenvalue weighted by Gasteiger charge is -2.13. The van der Waals surface area contributed by atoms with Crippen LogP contribution in [0.2, 0.25) is 0 Å². The van der Waals surface area contributed by atoms with E-state index in [9.17, 15) is 0 Å². The Balaban J connectivity index is 0.00000312. The number of nitrogens with one attached hydrogen (secondary N) is 1. The van der Waals surface area contributed by atoms with Gasteiger partial charge in [0.25, 0.3) is 0 Å². The summed E-state index contributed by atoms with van der Waals surface area (Å²) < 4.78 is 11.5. The molecule has 1 saturated heterocycles. The molecule has 0 bridgehead atoms. The van der Waals surface area contributed by atoms with E-state index >= 15 is 0 Å². The van der Waals surface area contributed by atoms with Gasteiger partial charge in [0.2, 0.25) is 0 Å². The number of aliphatic imine (C=N–C) groups is 1. The van der Waals surface area contributed by atoms with Crippen molar-refractivity contribution in [2.24, 2.45) is 10.7 Å². The number of benzene rings is 1. The van der Waals surface area contributed by atoms with Gasteiger partial charge in [-0.2, -0.15) is 0 Å². The second kappa shape index (κ2) is 12.4. The monoisotopic (exact) mass is 461 g/mol. The van der Waals surface area contributed by atoms with Crippen LogP contribution in [0.5, 0.6) is 5.75 Å². The first-order valence-electron chi connectivity index (χ1n) is 9.06. The molecule has 142 valence electrons. The summed E-state index contributed by atoms with van der Waals surface area (Å²) in [5, 5.41) is 3.15. The molecule has 0 spiro atoms. The van der Waals surface area contributed by atoms with Crippen molar-refractivity contribution in [1.29, 1.82) is 0 Å². The molecule has 3 N–H and O–H groups in total. The van der Waals surface area contributed by atoms with Gasteiger partial charge < -0.3 is 20.5 Å². The number of nitrogens with two attached hydrogens (primary N) is 1. The maximum atomic E-state index is 5.96. The zero-order chi connectivity index (χ0) is 17.2. The third-order valence-electron chi connectivity index (χ3n) is 4.18. The number of aryl methyl sites for hydroxylation is 1. The van der Waals surface area contributed by atoms with Gasteiger partial charge in [0, 0.05) is 18.7 Å². The fraction of sp³-hybridized carbons (Fsp3) is 0.632. The summed E-state index contributed by atoms with van der Waals surface area (Å²) in [5.41, 5.74) is 8.22. The summed E-state index contributed by atoms with van der Waals surface area (Å²) in [6, 6.07) is 6.23. The molecule has 2 rings (SSSR count). The lowest BCUT2D eigenvalue weighted by atomic mass is 10.1. The highest BCUT2D eigenvalue weighted by Crippen LogP contribution is 2.21. The maximum absolute atomic E-state index is 5.96. The van der Waals surface area contributed by atoms with Gasteiger partial charge in [-0.3, -0.25) is 0 Å². The number of ether oxygens (including phenoxy) is 2. The Kier molecular flexibility index (Phi) is 10.9. The van der Waals surface area contributed by atoms with Gasteiger partial charge in [-0.15, -0.1) is 24.0 Å². The molecule has 0 aliphatic carbocycles. The molecule has 6 heteroatoms. The molecule has 1 fully saturated rings. The molecular weight excluding hydrogens is 429 g/mol. The molecule has 1 aromatic carbocycles. The van der Waals surface area contributed by atoms with Crippen LogP contribution in [0.3, 0.4) is 0 Å². The number of halogens is 1. The average Bonchev–Trinajstić information content (AvgIpc) is 3.09. The predicted molar refractivity (Wildman–Crippen MR) is 114 cm³/mol. The summed E-state index contributed by atoms with van der Waals surface area (Å²) in [7, 11) is 0. The van der Waals surface area contributed by atoms with Crippen molar-refractivity contribution in [2.45, 2.75) is 58.6 Å². The van der Waals surface area contributed by atoms with E-state index in [1.165, 1.54) is 18.4 Å². The molecule has 1 aliphatic rings. The molecule has 0 saturated carbocycles. The smallest absolute Gasteiger partial charge is 0.189 e. The van der Waals surface area contributed by atoms with Crippen molar-refractivity contribution in [3.05, 3.63) is 29.3 Å². The topological polar surface area (TPSA) is 68.9 Å². The van der Waals surface area contributed by atoms with E-state index in [0.717, 1.165) is 50.3 Å². The average molecular weight is 461 g/mol. The minimum atomic E-state index is 0. The third-order valence-corrected chi connectivity index (χ3v) is 4.18. The summed E-state index contributed by atoms with van der Waals surface area (Å²) in [4.78, 5) is 4.44. The van der Waals surface area contributed by atoms with Crippen LogP contribution < -0.4 is 15.8 Å². The normalized spacial score (nSPS) is 17.2. The summed E-state index contributed by atoms with van der Waals surface area (Å²) >= 11 is 0. The number of rotatable bonds is 9. The van der Waals surface area contributed by atoms with E-state index in [1.807, 2.05) is 0 Å². The van der Waals surface area contributed by atoms with Gasteiger partial charge in [0.1, 0.15) is 5.75 Å². The van der Waals surface area contributed by atoms with Gasteiger partial charge in [-0.25, -0.2) is 4.99 Å². The maximum Gasteiger partial charge on any atom is 0.189 e. The van der Waals surface area contributed by atoms with E-state index in [0.29, 0.717) is 12.5 Å². The number of guanidine groups is 1. The van der Waals surface area contributed by atoms with Gasteiger partial charge in [-0.05, 0) is 37.8 Å². The van der Waals surface area contributed by atoms with E-state index in [2.05, 4.69) is 42.4 Å². The van der Waals surface area contributed by atoms with E-state index < -0.39 is 0 Å². The summed E-state index contributed by atoms with van der Waals surface area (Å²) in [6.07, 6.45) is 5.95. The molecule has 0 radical (unpaired) electrons. The van der Waals surface area contributed by atoms with Crippen LogP contribution in [0.4, 0.5) is 0 Å². The molecule has 1 aromatic rings. The lowest BCUT2D eigenvalue weighted by Crippen LogP contribution is -2.37. The van der Waals surface area contributed by atoms with Crippen molar-refractivity contribution in [2.75, 3.05) is 19.8 Å². The molecule has 25 heavy (non-hydrogen) atoms. The molecule has 1 unspecified atom stereocenters. The fourth-order valence-corrected chi connectivity index (χ4v) is 2.71. The molecule has 1 aliphatic heterocycles. The van der Waals surface area contributed by atoms with Crippen LogP contribution in [0, 0.1) is 6.92 Å². The van der Waals surface area contributed by atoms with Crippen LogP contribution >= 0.6 is 24.0 Å². The lowest BCUT2D eigenvalue weighted by molar-refractivity contribution is 0.114. The van der Waals surface area contributed by atoms with Crippen molar-refractivity contribution < 1.29 is 9.47 Å². The Morgan fingerprint density at radius 2 is 2.24 bits per heavy atom. The molecule has 1 heterocycles.